The average Bonchev–Trinajstić information content (AvgIpc) is 2.35. The van der Waals surface area contributed by atoms with Gasteiger partial charge in [-0.25, -0.2) is 0 Å². The van der Waals surface area contributed by atoms with E-state index in [4.69, 9.17) is 11.6 Å². The van der Waals surface area contributed by atoms with Gasteiger partial charge in [0.25, 0.3) is 0 Å². The molecule has 0 aliphatic carbocycles. The Hall–Kier alpha value is -1.42. The van der Waals surface area contributed by atoms with Crippen LogP contribution in [0.1, 0.15) is 25.0 Å². The monoisotopic (exact) mass is 285 g/mol. The predicted molar refractivity (Wildman–Crippen MR) is 75.7 cm³/mol. The zero-order valence-electron chi connectivity index (χ0n) is 11.5. The summed E-state index contributed by atoms with van der Waals surface area (Å²) >= 11 is 5.73. The molecule has 0 aromatic heterocycles. The predicted octanol–water partition coefficient (Wildman–Crippen LogP) is 2.33. The molecule has 0 saturated carbocycles. The quantitative estimate of drug-likeness (QED) is 0.574. The maximum Gasteiger partial charge on any atom is 0.226 e. The van der Waals surface area contributed by atoms with Crippen molar-refractivity contribution in [3.05, 3.63) is 23.3 Å². The van der Waals surface area contributed by atoms with E-state index in [1.54, 1.807) is 13.8 Å². The van der Waals surface area contributed by atoms with Crippen molar-refractivity contribution in [1.82, 2.24) is 5.32 Å². The Morgan fingerprint density at radius 2 is 1.89 bits per heavy atom. The number of hydrogen-bond donors (Lipinski definition) is 3. The Balaban J connectivity index is 2.59. The number of alkyl halides is 1. The zero-order valence-corrected chi connectivity index (χ0v) is 12.2. The highest BCUT2D eigenvalue weighted by atomic mass is 35.5. The van der Waals surface area contributed by atoms with Crippen LogP contribution in [0.15, 0.2) is 12.1 Å². The summed E-state index contributed by atoms with van der Waals surface area (Å²) in [6.07, 6.45) is 0.587. The number of phenolic OH excluding ortho intramolecular Hbond substituents is 2. The molecule has 1 aromatic rings. The topological polar surface area (TPSA) is 69.6 Å². The third kappa shape index (κ3) is 4.03. The molecule has 19 heavy (non-hydrogen) atoms. The van der Waals surface area contributed by atoms with Crippen molar-refractivity contribution < 1.29 is 15.0 Å². The molecule has 1 aromatic carbocycles. The second-order valence-corrected chi connectivity index (χ2v) is 5.56. The highest BCUT2D eigenvalue weighted by molar-refractivity contribution is 6.19. The number of nitrogens with one attached hydrogen (secondary N) is 1. The van der Waals surface area contributed by atoms with E-state index in [2.05, 4.69) is 5.32 Å². The number of amides is 1. The third-order valence-corrected chi connectivity index (χ3v) is 3.73. The fourth-order valence-corrected chi connectivity index (χ4v) is 1.73. The van der Waals surface area contributed by atoms with Gasteiger partial charge in [-0.2, -0.15) is 0 Å². The average molecular weight is 286 g/mol. The number of benzene rings is 1. The van der Waals surface area contributed by atoms with E-state index in [0.29, 0.717) is 13.0 Å². The van der Waals surface area contributed by atoms with Crippen LogP contribution in [0.3, 0.4) is 0 Å². The first kappa shape index (κ1) is 15.6. The van der Waals surface area contributed by atoms with Gasteiger partial charge in [-0.3, -0.25) is 4.79 Å². The van der Waals surface area contributed by atoms with E-state index in [0.717, 1.165) is 11.1 Å². The molecule has 0 aliphatic heterocycles. The summed E-state index contributed by atoms with van der Waals surface area (Å²) in [4.78, 5) is 11.8. The Labute approximate surface area is 118 Å². The van der Waals surface area contributed by atoms with Crippen molar-refractivity contribution in [2.45, 2.75) is 27.2 Å². The van der Waals surface area contributed by atoms with Crippen molar-refractivity contribution in [3.63, 3.8) is 0 Å². The molecule has 106 valence electrons. The van der Waals surface area contributed by atoms with Gasteiger partial charge < -0.3 is 15.5 Å². The zero-order chi connectivity index (χ0) is 14.6. The Bertz CT molecular complexity index is 472. The number of rotatable bonds is 5. The summed E-state index contributed by atoms with van der Waals surface area (Å²) in [7, 11) is 0. The van der Waals surface area contributed by atoms with Gasteiger partial charge in [-0.15, -0.1) is 11.6 Å². The van der Waals surface area contributed by atoms with Crippen molar-refractivity contribution in [2.24, 2.45) is 5.41 Å². The van der Waals surface area contributed by atoms with Crippen LogP contribution < -0.4 is 5.32 Å². The van der Waals surface area contributed by atoms with Crippen LogP contribution in [0.5, 0.6) is 11.5 Å². The van der Waals surface area contributed by atoms with E-state index >= 15 is 0 Å². The lowest BCUT2D eigenvalue weighted by Crippen LogP contribution is -2.39. The first-order valence-corrected chi connectivity index (χ1v) is 6.67. The first-order chi connectivity index (χ1) is 8.77. The maximum atomic E-state index is 11.8. The number of hydrogen-bond acceptors (Lipinski definition) is 3. The number of carbonyl (C=O) groups is 1. The minimum Gasteiger partial charge on any atom is -0.504 e. The smallest absolute Gasteiger partial charge is 0.226 e. The second kappa shape index (κ2) is 6.15. The van der Waals surface area contributed by atoms with E-state index in [1.165, 1.54) is 12.1 Å². The molecular weight excluding hydrogens is 266 g/mol. The summed E-state index contributed by atoms with van der Waals surface area (Å²) in [6.45, 7) is 5.88. The molecule has 0 radical (unpaired) electrons. The molecule has 0 heterocycles. The van der Waals surface area contributed by atoms with Crippen LogP contribution in [0.25, 0.3) is 0 Å². The number of carbonyl (C=O) groups excluding carboxylic acids is 1. The fourth-order valence-electron chi connectivity index (χ4n) is 1.60. The first-order valence-electron chi connectivity index (χ1n) is 6.13. The van der Waals surface area contributed by atoms with Gasteiger partial charge in [-0.1, -0.05) is 0 Å². The minimum atomic E-state index is -0.590. The highest BCUT2D eigenvalue weighted by Crippen LogP contribution is 2.28. The molecule has 4 nitrogen and oxygen atoms in total. The van der Waals surface area contributed by atoms with Gasteiger partial charge >= 0.3 is 0 Å². The van der Waals surface area contributed by atoms with Crippen LogP contribution in [0.4, 0.5) is 0 Å². The van der Waals surface area contributed by atoms with Crippen molar-refractivity contribution in [3.8, 4) is 11.5 Å². The molecule has 0 fully saturated rings. The van der Waals surface area contributed by atoms with Crippen molar-refractivity contribution in [1.29, 1.82) is 0 Å². The molecule has 0 unspecified atom stereocenters. The molecule has 0 atom stereocenters. The number of halogens is 1. The molecule has 0 spiro atoms. The van der Waals surface area contributed by atoms with Gasteiger partial charge in [0.15, 0.2) is 11.5 Å². The number of aromatic hydroxyl groups is 2. The van der Waals surface area contributed by atoms with Gasteiger partial charge in [0.05, 0.1) is 5.41 Å². The van der Waals surface area contributed by atoms with Crippen LogP contribution in [-0.4, -0.2) is 28.5 Å². The molecule has 1 rings (SSSR count). The summed E-state index contributed by atoms with van der Waals surface area (Å²) < 4.78 is 0. The molecule has 1 amide bonds. The maximum absolute atomic E-state index is 11.8. The summed E-state index contributed by atoms with van der Waals surface area (Å²) in [5.74, 6) is -0.109. The summed E-state index contributed by atoms with van der Waals surface area (Å²) in [5.41, 5.74) is 1.17. The second-order valence-electron chi connectivity index (χ2n) is 5.29. The number of aryl methyl sites for hydroxylation is 1. The summed E-state index contributed by atoms with van der Waals surface area (Å²) in [5, 5.41) is 21.6. The molecule has 0 saturated heterocycles. The van der Waals surface area contributed by atoms with Gasteiger partial charge in [0.2, 0.25) is 5.91 Å². The van der Waals surface area contributed by atoms with Crippen molar-refractivity contribution in [2.75, 3.05) is 12.4 Å². The van der Waals surface area contributed by atoms with Crippen LogP contribution in [-0.2, 0) is 11.2 Å². The van der Waals surface area contributed by atoms with E-state index in [-0.39, 0.29) is 23.3 Å². The fraction of sp³-hybridized carbons (Fsp3) is 0.500. The van der Waals surface area contributed by atoms with E-state index in [9.17, 15) is 15.0 Å². The lowest BCUT2D eigenvalue weighted by molar-refractivity contribution is -0.128. The summed E-state index contributed by atoms with van der Waals surface area (Å²) in [6, 6.07) is 3.03. The van der Waals surface area contributed by atoms with Gasteiger partial charge in [-0.05, 0) is 50.5 Å². The van der Waals surface area contributed by atoms with Crippen molar-refractivity contribution >= 4 is 17.5 Å². The molecule has 0 bridgehead atoms. The highest BCUT2D eigenvalue weighted by Gasteiger charge is 2.25. The van der Waals surface area contributed by atoms with Crippen LogP contribution in [0.2, 0.25) is 0 Å². The third-order valence-electron chi connectivity index (χ3n) is 3.06. The minimum absolute atomic E-state index is 0.0943. The van der Waals surface area contributed by atoms with Crippen LogP contribution in [0, 0.1) is 12.3 Å². The Kier molecular flexibility index (Phi) is 5.06. The number of phenols is 2. The standard InChI is InChI=1S/C14H20ClNO3/c1-9-6-11(17)12(18)7-10(9)4-5-16-13(19)14(2,3)8-15/h6-7,17-18H,4-5,8H2,1-3H3,(H,16,19). The molecular formula is C14H20ClNO3. The Morgan fingerprint density at radius 1 is 1.32 bits per heavy atom. The SMILES string of the molecule is Cc1cc(O)c(O)cc1CCNC(=O)C(C)(C)CCl. The normalized spacial score (nSPS) is 11.4. The largest absolute Gasteiger partial charge is 0.504 e. The Morgan fingerprint density at radius 3 is 2.47 bits per heavy atom. The lowest BCUT2D eigenvalue weighted by Gasteiger charge is -2.20. The van der Waals surface area contributed by atoms with Gasteiger partial charge in [0.1, 0.15) is 0 Å². The van der Waals surface area contributed by atoms with Crippen LogP contribution >= 0.6 is 11.6 Å². The van der Waals surface area contributed by atoms with Gasteiger partial charge in [0, 0.05) is 12.4 Å². The molecule has 5 heteroatoms. The lowest BCUT2D eigenvalue weighted by atomic mass is 9.95. The molecule has 3 N–H and O–H groups in total. The van der Waals surface area contributed by atoms with E-state index < -0.39 is 5.41 Å². The van der Waals surface area contributed by atoms with E-state index in [1.807, 2.05) is 6.92 Å². The molecule has 0 aliphatic rings.